The Bertz CT molecular complexity index is 329. The Kier molecular flexibility index (Phi) is 4.99. The molecule has 1 N–H and O–H groups in total. The van der Waals surface area contributed by atoms with E-state index in [2.05, 4.69) is 24.3 Å². The van der Waals surface area contributed by atoms with Crippen LogP contribution in [0, 0.1) is 0 Å². The van der Waals surface area contributed by atoms with Crippen molar-refractivity contribution in [2.75, 3.05) is 6.54 Å². The van der Waals surface area contributed by atoms with Gasteiger partial charge in [-0.1, -0.05) is 13.8 Å². The van der Waals surface area contributed by atoms with Crippen LogP contribution >= 0.6 is 0 Å². The first kappa shape index (κ1) is 14.0. The zero-order valence-corrected chi connectivity index (χ0v) is 10.1. The highest BCUT2D eigenvalue weighted by atomic mass is 19.4. The maximum absolute atomic E-state index is 11.9. The van der Waals surface area contributed by atoms with E-state index in [1.807, 2.05) is 10.9 Å². The molecule has 0 aliphatic rings. The maximum atomic E-state index is 11.9. The second-order valence-corrected chi connectivity index (χ2v) is 3.98. The Balaban J connectivity index is 2.46. The van der Waals surface area contributed by atoms with Gasteiger partial charge < -0.3 is 5.32 Å². The van der Waals surface area contributed by atoms with Crippen molar-refractivity contribution in [2.24, 2.45) is 0 Å². The van der Waals surface area contributed by atoms with Crippen LogP contribution in [0.3, 0.4) is 0 Å². The average Bonchev–Trinajstić information content (AvgIpc) is 2.67. The van der Waals surface area contributed by atoms with Crippen LogP contribution in [0.25, 0.3) is 0 Å². The molecule has 0 spiro atoms. The molecule has 17 heavy (non-hydrogen) atoms. The minimum Gasteiger partial charge on any atom is -0.303 e. The number of halogens is 3. The molecule has 1 rings (SSSR count). The molecule has 6 heteroatoms. The van der Waals surface area contributed by atoms with Crippen molar-refractivity contribution in [1.82, 2.24) is 15.1 Å². The highest BCUT2D eigenvalue weighted by molar-refractivity contribution is 4.99. The van der Waals surface area contributed by atoms with Crippen LogP contribution in [0.5, 0.6) is 0 Å². The Morgan fingerprint density at radius 1 is 1.35 bits per heavy atom. The first-order chi connectivity index (χ1) is 7.96. The van der Waals surface area contributed by atoms with Gasteiger partial charge in [0, 0.05) is 12.7 Å². The molecule has 0 bridgehead atoms. The van der Waals surface area contributed by atoms with Crippen LogP contribution in [0.4, 0.5) is 13.2 Å². The standard InChI is InChI=1S/C11H18F3N3/c1-3-10(4-2)17-6-5-9(16-17)7-15-8-11(12,13)14/h5-6,10,15H,3-4,7-8H2,1-2H3. The van der Waals surface area contributed by atoms with Crippen molar-refractivity contribution in [3.05, 3.63) is 18.0 Å². The van der Waals surface area contributed by atoms with Crippen LogP contribution < -0.4 is 5.32 Å². The second-order valence-electron chi connectivity index (χ2n) is 3.98. The summed E-state index contributed by atoms with van der Waals surface area (Å²) in [7, 11) is 0. The molecule has 0 amide bonds. The third kappa shape index (κ3) is 4.77. The lowest BCUT2D eigenvalue weighted by Gasteiger charge is -2.12. The SMILES string of the molecule is CCC(CC)n1ccc(CNCC(F)(F)F)n1. The lowest BCUT2D eigenvalue weighted by molar-refractivity contribution is -0.125. The fraction of sp³-hybridized carbons (Fsp3) is 0.727. The van der Waals surface area contributed by atoms with Crippen molar-refractivity contribution >= 4 is 0 Å². The normalized spacial score (nSPS) is 12.4. The minimum atomic E-state index is -4.17. The second kappa shape index (κ2) is 6.05. The summed E-state index contributed by atoms with van der Waals surface area (Å²) in [6.45, 7) is 3.30. The van der Waals surface area contributed by atoms with Crippen LogP contribution in [0.1, 0.15) is 38.4 Å². The van der Waals surface area contributed by atoms with Gasteiger partial charge in [-0.05, 0) is 18.9 Å². The van der Waals surface area contributed by atoms with Gasteiger partial charge in [0.2, 0.25) is 0 Å². The predicted octanol–water partition coefficient (Wildman–Crippen LogP) is 2.90. The summed E-state index contributed by atoms with van der Waals surface area (Å²) in [5.74, 6) is 0. The molecule has 0 saturated carbocycles. The number of alkyl halides is 3. The van der Waals surface area contributed by atoms with Crippen LogP contribution in [-0.4, -0.2) is 22.5 Å². The van der Waals surface area contributed by atoms with E-state index in [0.717, 1.165) is 12.8 Å². The summed E-state index contributed by atoms with van der Waals surface area (Å²) in [5, 5.41) is 6.59. The van der Waals surface area contributed by atoms with E-state index in [0.29, 0.717) is 11.7 Å². The highest BCUT2D eigenvalue weighted by Gasteiger charge is 2.26. The average molecular weight is 249 g/mol. The van der Waals surface area contributed by atoms with Gasteiger partial charge in [-0.15, -0.1) is 0 Å². The van der Waals surface area contributed by atoms with Crippen LogP contribution in [0.15, 0.2) is 12.3 Å². The smallest absolute Gasteiger partial charge is 0.303 e. The lowest BCUT2D eigenvalue weighted by Crippen LogP contribution is -2.28. The molecule has 0 aliphatic heterocycles. The van der Waals surface area contributed by atoms with Gasteiger partial charge in [-0.25, -0.2) is 0 Å². The minimum absolute atomic E-state index is 0.145. The van der Waals surface area contributed by atoms with E-state index in [-0.39, 0.29) is 6.54 Å². The van der Waals surface area contributed by atoms with Crippen molar-refractivity contribution in [2.45, 2.75) is 45.5 Å². The Morgan fingerprint density at radius 2 is 2.00 bits per heavy atom. The summed E-state index contributed by atoms with van der Waals surface area (Å²) in [4.78, 5) is 0. The van der Waals surface area contributed by atoms with Crippen molar-refractivity contribution in [3.63, 3.8) is 0 Å². The highest BCUT2D eigenvalue weighted by Crippen LogP contribution is 2.15. The summed E-state index contributed by atoms with van der Waals surface area (Å²) in [6, 6.07) is 2.08. The van der Waals surface area contributed by atoms with E-state index in [9.17, 15) is 13.2 Å². The van der Waals surface area contributed by atoms with E-state index < -0.39 is 12.7 Å². The van der Waals surface area contributed by atoms with Crippen molar-refractivity contribution < 1.29 is 13.2 Å². The zero-order valence-electron chi connectivity index (χ0n) is 10.1. The fourth-order valence-electron chi connectivity index (χ4n) is 1.67. The van der Waals surface area contributed by atoms with Crippen molar-refractivity contribution in [3.8, 4) is 0 Å². The molecule has 98 valence electrons. The zero-order chi connectivity index (χ0) is 12.9. The van der Waals surface area contributed by atoms with E-state index in [1.54, 1.807) is 6.07 Å². The number of hydrogen-bond donors (Lipinski definition) is 1. The van der Waals surface area contributed by atoms with Gasteiger partial charge in [0.05, 0.1) is 18.3 Å². The van der Waals surface area contributed by atoms with Gasteiger partial charge in [-0.2, -0.15) is 18.3 Å². The third-order valence-corrected chi connectivity index (χ3v) is 2.61. The number of rotatable bonds is 6. The molecule has 1 aromatic rings. The van der Waals surface area contributed by atoms with E-state index in [4.69, 9.17) is 0 Å². The largest absolute Gasteiger partial charge is 0.401 e. The number of hydrogen-bond acceptors (Lipinski definition) is 2. The Morgan fingerprint density at radius 3 is 2.53 bits per heavy atom. The van der Waals surface area contributed by atoms with Crippen LogP contribution in [-0.2, 0) is 6.54 Å². The summed E-state index contributed by atoms with van der Waals surface area (Å²) in [5.41, 5.74) is 0.640. The molecular formula is C11H18F3N3. The maximum Gasteiger partial charge on any atom is 0.401 e. The summed E-state index contributed by atoms with van der Waals surface area (Å²) >= 11 is 0. The molecule has 0 aromatic carbocycles. The molecule has 0 fully saturated rings. The molecular weight excluding hydrogens is 231 g/mol. The Hall–Kier alpha value is -1.04. The Labute approximate surface area is 99.0 Å². The monoisotopic (exact) mass is 249 g/mol. The topological polar surface area (TPSA) is 29.9 Å². The fourth-order valence-corrected chi connectivity index (χ4v) is 1.67. The molecule has 1 aromatic heterocycles. The van der Waals surface area contributed by atoms with Gasteiger partial charge in [0.25, 0.3) is 0 Å². The van der Waals surface area contributed by atoms with Gasteiger partial charge >= 0.3 is 6.18 Å². The summed E-state index contributed by atoms with van der Waals surface area (Å²) in [6.07, 6.45) is -0.415. The molecule has 0 unspecified atom stereocenters. The first-order valence-corrected chi connectivity index (χ1v) is 5.77. The molecule has 1 heterocycles. The number of nitrogens with zero attached hydrogens (tertiary/aromatic N) is 2. The van der Waals surface area contributed by atoms with E-state index in [1.165, 1.54) is 0 Å². The predicted molar refractivity (Wildman–Crippen MR) is 59.6 cm³/mol. The molecule has 0 radical (unpaired) electrons. The lowest BCUT2D eigenvalue weighted by atomic mass is 10.2. The molecule has 3 nitrogen and oxygen atoms in total. The van der Waals surface area contributed by atoms with Gasteiger partial charge in [0.1, 0.15) is 0 Å². The molecule has 0 aliphatic carbocycles. The molecule has 0 atom stereocenters. The van der Waals surface area contributed by atoms with Gasteiger partial charge in [-0.3, -0.25) is 4.68 Å². The van der Waals surface area contributed by atoms with E-state index >= 15 is 0 Å². The first-order valence-electron chi connectivity index (χ1n) is 5.77. The summed E-state index contributed by atoms with van der Waals surface area (Å²) < 4.78 is 37.6. The van der Waals surface area contributed by atoms with Gasteiger partial charge in [0.15, 0.2) is 0 Å². The quantitative estimate of drug-likeness (QED) is 0.840. The van der Waals surface area contributed by atoms with Crippen molar-refractivity contribution in [1.29, 1.82) is 0 Å². The molecule has 0 saturated heterocycles. The van der Waals surface area contributed by atoms with Crippen LogP contribution in [0.2, 0.25) is 0 Å². The third-order valence-electron chi connectivity index (χ3n) is 2.61. The number of nitrogens with one attached hydrogen (secondary N) is 1. The number of aromatic nitrogens is 2.